The van der Waals surface area contributed by atoms with Crippen LogP contribution in [0.25, 0.3) is 0 Å². The number of nitrogens with one attached hydrogen (secondary N) is 1. The van der Waals surface area contributed by atoms with Crippen LogP contribution in [-0.4, -0.2) is 54.7 Å². The van der Waals surface area contributed by atoms with E-state index in [9.17, 15) is 14.4 Å². The summed E-state index contributed by atoms with van der Waals surface area (Å²) in [5, 5.41) is 11.1. The third-order valence-corrected chi connectivity index (χ3v) is 3.65. The first kappa shape index (κ1) is 17.2. The van der Waals surface area contributed by atoms with E-state index in [-0.39, 0.29) is 17.1 Å². The van der Waals surface area contributed by atoms with E-state index < -0.39 is 17.9 Å². The number of aliphatic carboxylic acids is 1. The summed E-state index contributed by atoms with van der Waals surface area (Å²) < 4.78 is 5.09. The maximum Gasteiger partial charge on any atom is 0.331 e. The van der Waals surface area contributed by atoms with Crippen molar-refractivity contribution >= 4 is 17.9 Å². The Morgan fingerprint density at radius 2 is 1.95 bits per heavy atom. The Balaban J connectivity index is 2.62. The van der Waals surface area contributed by atoms with Gasteiger partial charge in [-0.25, -0.2) is 9.59 Å². The molecule has 1 fully saturated rings. The molecule has 1 saturated heterocycles. The minimum atomic E-state index is -1.17. The Morgan fingerprint density at radius 3 is 2.52 bits per heavy atom. The third-order valence-electron chi connectivity index (χ3n) is 3.65. The fourth-order valence-corrected chi connectivity index (χ4v) is 2.22. The molecule has 7 heteroatoms. The number of rotatable bonds is 4. The number of nitrogens with zero attached hydrogens (tertiary/aromatic N) is 1. The van der Waals surface area contributed by atoms with Crippen LogP contribution in [0.15, 0.2) is 11.1 Å². The first-order valence-electron chi connectivity index (χ1n) is 6.86. The number of carbonyl (C=O) groups excluding carboxylic acids is 2. The average molecular weight is 298 g/mol. The van der Waals surface area contributed by atoms with E-state index in [1.165, 1.54) is 13.8 Å². The number of imide groups is 1. The highest BCUT2D eigenvalue weighted by Crippen LogP contribution is 2.16. The molecule has 0 aliphatic carbocycles. The molecule has 1 heterocycles. The van der Waals surface area contributed by atoms with Gasteiger partial charge in [0.15, 0.2) is 0 Å². The Labute approximate surface area is 123 Å². The second kappa shape index (κ2) is 7.78. The topological polar surface area (TPSA) is 95.9 Å². The largest absolute Gasteiger partial charge is 0.478 e. The highest BCUT2D eigenvalue weighted by molar-refractivity contribution is 6.07. The molecule has 0 aromatic carbocycles. The smallest absolute Gasteiger partial charge is 0.331 e. The highest BCUT2D eigenvalue weighted by atomic mass is 16.5. The lowest BCUT2D eigenvalue weighted by Crippen LogP contribution is -2.48. The summed E-state index contributed by atoms with van der Waals surface area (Å²) in [5.41, 5.74) is -0.0440. The maximum absolute atomic E-state index is 12.0. The summed E-state index contributed by atoms with van der Waals surface area (Å²) in [6.45, 7) is 4.41. The summed E-state index contributed by atoms with van der Waals surface area (Å²) >= 11 is 0. The van der Waals surface area contributed by atoms with Gasteiger partial charge in [0.2, 0.25) is 0 Å². The number of urea groups is 1. The van der Waals surface area contributed by atoms with Crippen molar-refractivity contribution in [2.24, 2.45) is 5.92 Å². The Morgan fingerprint density at radius 1 is 1.29 bits per heavy atom. The molecule has 0 saturated carbocycles. The van der Waals surface area contributed by atoms with Crippen molar-refractivity contribution in [3.63, 3.8) is 0 Å². The second-order valence-electron chi connectivity index (χ2n) is 5.22. The van der Waals surface area contributed by atoms with Crippen molar-refractivity contribution in [3.05, 3.63) is 11.1 Å². The number of carbonyl (C=O) groups is 3. The fourth-order valence-electron chi connectivity index (χ4n) is 2.22. The van der Waals surface area contributed by atoms with Crippen LogP contribution in [0.5, 0.6) is 0 Å². The van der Waals surface area contributed by atoms with E-state index in [4.69, 9.17) is 9.84 Å². The van der Waals surface area contributed by atoms with Gasteiger partial charge in [-0.2, -0.15) is 0 Å². The SMILES string of the molecule is COCC1CCCN(C(=O)NC(=O)C(C)=C(C)C(=O)O)C1. The molecule has 0 aromatic heterocycles. The van der Waals surface area contributed by atoms with Gasteiger partial charge in [0.1, 0.15) is 0 Å². The van der Waals surface area contributed by atoms with Gasteiger partial charge in [0.05, 0.1) is 6.61 Å². The molecule has 0 spiro atoms. The number of ether oxygens (including phenoxy) is 1. The van der Waals surface area contributed by atoms with Gasteiger partial charge in [-0.3, -0.25) is 10.1 Å². The van der Waals surface area contributed by atoms with Crippen LogP contribution >= 0.6 is 0 Å². The molecule has 1 rings (SSSR count). The lowest BCUT2D eigenvalue weighted by Gasteiger charge is -2.32. The van der Waals surface area contributed by atoms with E-state index in [0.717, 1.165) is 12.8 Å². The standard InChI is InChI=1S/C14H22N2O5/c1-9(10(2)13(18)19)12(17)15-14(20)16-6-4-5-11(7-16)8-21-3/h11H,4-8H2,1-3H3,(H,18,19)(H,15,17,20). The summed E-state index contributed by atoms with van der Waals surface area (Å²) in [5.74, 6) is -1.58. The zero-order valence-electron chi connectivity index (χ0n) is 12.6. The fraction of sp³-hybridized carbons (Fsp3) is 0.643. The van der Waals surface area contributed by atoms with Crippen LogP contribution < -0.4 is 5.32 Å². The summed E-state index contributed by atoms with van der Waals surface area (Å²) in [7, 11) is 1.62. The number of carboxylic acid groups (broad SMARTS) is 1. The normalized spacial score (nSPS) is 19.8. The summed E-state index contributed by atoms with van der Waals surface area (Å²) in [4.78, 5) is 36.2. The van der Waals surface area contributed by atoms with Gasteiger partial charge in [-0.05, 0) is 26.7 Å². The number of amides is 3. The molecule has 0 aromatic rings. The van der Waals surface area contributed by atoms with Crippen LogP contribution in [0, 0.1) is 5.92 Å². The lowest BCUT2D eigenvalue weighted by molar-refractivity contribution is -0.133. The van der Waals surface area contributed by atoms with Crippen molar-refractivity contribution in [1.29, 1.82) is 0 Å². The minimum absolute atomic E-state index is 0.0290. The van der Waals surface area contributed by atoms with E-state index in [0.29, 0.717) is 19.7 Å². The number of likely N-dealkylation sites (tertiary alicyclic amines) is 1. The highest BCUT2D eigenvalue weighted by Gasteiger charge is 2.25. The van der Waals surface area contributed by atoms with Crippen molar-refractivity contribution in [2.75, 3.05) is 26.8 Å². The number of hydrogen-bond donors (Lipinski definition) is 2. The first-order chi connectivity index (χ1) is 9.86. The van der Waals surface area contributed by atoms with E-state index in [1.54, 1.807) is 12.0 Å². The van der Waals surface area contributed by atoms with Crippen LogP contribution in [0.4, 0.5) is 4.79 Å². The van der Waals surface area contributed by atoms with Crippen molar-refractivity contribution in [3.8, 4) is 0 Å². The molecular weight excluding hydrogens is 276 g/mol. The number of piperidine rings is 1. The number of hydrogen-bond acceptors (Lipinski definition) is 4. The Hall–Kier alpha value is -1.89. The second-order valence-corrected chi connectivity index (χ2v) is 5.22. The molecule has 1 unspecified atom stereocenters. The first-order valence-corrected chi connectivity index (χ1v) is 6.86. The summed E-state index contributed by atoms with van der Waals surface area (Å²) in [6.07, 6.45) is 1.85. The molecule has 2 N–H and O–H groups in total. The van der Waals surface area contributed by atoms with Crippen molar-refractivity contribution in [2.45, 2.75) is 26.7 Å². The van der Waals surface area contributed by atoms with E-state index in [1.807, 2.05) is 0 Å². The Bertz CT molecular complexity index is 456. The lowest BCUT2D eigenvalue weighted by atomic mass is 9.99. The van der Waals surface area contributed by atoms with Gasteiger partial charge in [-0.1, -0.05) is 0 Å². The quantitative estimate of drug-likeness (QED) is 0.755. The third kappa shape index (κ3) is 4.86. The molecule has 3 amide bonds. The van der Waals surface area contributed by atoms with Gasteiger partial charge in [0.25, 0.3) is 5.91 Å². The van der Waals surface area contributed by atoms with Crippen molar-refractivity contribution in [1.82, 2.24) is 10.2 Å². The number of methoxy groups -OCH3 is 1. The predicted molar refractivity (Wildman–Crippen MR) is 75.7 cm³/mol. The van der Waals surface area contributed by atoms with E-state index >= 15 is 0 Å². The molecule has 1 aliphatic rings. The molecular formula is C14H22N2O5. The van der Waals surface area contributed by atoms with Crippen LogP contribution in [0.2, 0.25) is 0 Å². The molecule has 1 aliphatic heterocycles. The zero-order chi connectivity index (χ0) is 16.0. The minimum Gasteiger partial charge on any atom is -0.478 e. The zero-order valence-corrected chi connectivity index (χ0v) is 12.6. The van der Waals surface area contributed by atoms with Crippen LogP contribution in [-0.2, 0) is 14.3 Å². The number of carboxylic acids is 1. The molecule has 21 heavy (non-hydrogen) atoms. The monoisotopic (exact) mass is 298 g/mol. The van der Waals surface area contributed by atoms with E-state index in [2.05, 4.69) is 5.32 Å². The van der Waals surface area contributed by atoms with Gasteiger partial charge >= 0.3 is 12.0 Å². The van der Waals surface area contributed by atoms with Crippen LogP contribution in [0.1, 0.15) is 26.7 Å². The van der Waals surface area contributed by atoms with Gasteiger partial charge < -0.3 is 14.7 Å². The molecule has 7 nitrogen and oxygen atoms in total. The molecule has 0 bridgehead atoms. The summed E-state index contributed by atoms with van der Waals surface area (Å²) in [6, 6.07) is -0.488. The molecule has 1 atom stereocenters. The van der Waals surface area contributed by atoms with Crippen molar-refractivity contribution < 1.29 is 24.2 Å². The average Bonchev–Trinajstić information content (AvgIpc) is 2.46. The molecule has 0 radical (unpaired) electrons. The maximum atomic E-state index is 12.0. The van der Waals surface area contributed by atoms with Gasteiger partial charge in [0, 0.05) is 37.3 Å². The Kier molecular flexibility index (Phi) is 6.36. The van der Waals surface area contributed by atoms with Crippen LogP contribution in [0.3, 0.4) is 0 Å². The van der Waals surface area contributed by atoms with Gasteiger partial charge in [-0.15, -0.1) is 0 Å². The predicted octanol–water partition coefficient (Wildman–Crippen LogP) is 1.00. The molecule has 118 valence electrons.